The van der Waals surface area contributed by atoms with Gasteiger partial charge >= 0.3 is 0 Å². The average molecular weight is 328 g/mol. The Morgan fingerprint density at radius 1 is 1.42 bits per heavy atom. The lowest BCUT2D eigenvalue weighted by Crippen LogP contribution is -2.38. The number of carbonyl (C=O) groups is 1. The highest BCUT2D eigenvalue weighted by Crippen LogP contribution is 2.21. The molecule has 0 saturated carbocycles. The molecule has 5 heteroatoms. The summed E-state index contributed by atoms with van der Waals surface area (Å²) in [6.07, 6.45) is 5.64. The molecule has 1 aromatic carbocycles. The first-order valence-electron chi connectivity index (χ1n) is 8.57. The third-order valence-electron chi connectivity index (χ3n) is 4.25. The topological polar surface area (TPSA) is 47.9 Å². The van der Waals surface area contributed by atoms with Gasteiger partial charge in [-0.25, -0.2) is 0 Å². The number of hydrogen-bond donors (Lipinski definition) is 1. The zero-order chi connectivity index (χ0) is 17.4. The van der Waals surface area contributed by atoms with Gasteiger partial charge in [0.05, 0.1) is 0 Å². The van der Waals surface area contributed by atoms with E-state index in [0.717, 1.165) is 44.0 Å². The largest absolute Gasteiger partial charge is 0.352 e. The molecule has 1 N–H and O–H groups in total. The fourth-order valence-electron chi connectivity index (χ4n) is 2.86. The van der Waals surface area contributed by atoms with E-state index in [0.29, 0.717) is 13.0 Å². The molecular formula is C19H28N4O. The molecule has 0 unspecified atom stereocenters. The molecule has 130 valence electrons. The maximum Gasteiger partial charge on any atom is 0.227 e. The molecule has 0 bridgehead atoms. The van der Waals surface area contributed by atoms with Gasteiger partial charge in [-0.2, -0.15) is 0 Å². The minimum atomic E-state index is 0.224. The van der Waals surface area contributed by atoms with Crippen molar-refractivity contribution in [3.8, 4) is 0 Å². The van der Waals surface area contributed by atoms with Crippen LogP contribution < -0.4 is 10.2 Å². The van der Waals surface area contributed by atoms with Gasteiger partial charge in [0, 0.05) is 45.8 Å². The molecule has 24 heavy (non-hydrogen) atoms. The first-order chi connectivity index (χ1) is 11.7. The van der Waals surface area contributed by atoms with Crippen LogP contribution in [0.3, 0.4) is 0 Å². The number of unbranched alkanes of at least 4 members (excludes halogenated alkanes) is 1. The van der Waals surface area contributed by atoms with E-state index in [1.807, 2.05) is 30.2 Å². The Balaban J connectivity index is 1.86. The van der Waals surface area contributed by atoms with Gasteiger partial charge in [0.2, 0.25) is 5.91 Å². The van der Waals surface area contributed by atoms with Crippen molar-refractivity contribution in [2.45, 2.75) is 32.2 Å². The molecule has 1 aliphatic rings. The molecule has 1 amide bonds. The van der Waals surface area contributed by atoms with Crippen molar-refractivity contribution in [2.75, 3.05) is 32.1 Å². The molecule has 1 fully saturated rings. The summed E-state index contributed by atoms with van der Waals surface area (Å²) in [4.78, 5) is 20.1. The first-order valence-corrected chi connectivity index (χ1v) is 8.57. The second kappa shape index (κ2) is 9.11. The van der Waals surface area contributed by atoms with Crippen LogP contribution in [-0.4, -0.2) is 44.0 Å². The molecule has 2 rings (SSSR count). The number of carbonyl (C=O) groups excluding carboxylic acids is 1. The van der Waals surface area contributed by atoms with E-state index >= 15 is 0 Å². The Morgan fingerprint density at radius 2 is 2.17 bits per heavy atom. The van der Waals surface area contributed by atoms with E-state index in [1.165, 1.54) is 5.56 Å². The van der Waals surface area contributed by atoms with Crippen molar-refractivity contribution in [3.05, 3.63) is 42.5 Å². The minimum Gasteiger partial charge on any atom is -0.352 e. The van der Waals surface area contributed by atoms with E-state index in [-0.39, 0.29) is 5.91 Å². The Kier molecular flexibility index (Phi) is 6.85. The van der Waals surface area contributed by atoms with E-state index in [2.05, 4.69) is 33.9 Å². The SMILES string of the molecule is C=CCCCN(C)C(=NC)NCc1ccc(N2CCCC2=O)cc1. The number of guanidine groups is 1. The lowest BCUT2D eigenvalue weighted by atomic mass is 10.2. The number of nitrogens with zero attached hydrogens (tertiary/aromatic N) is 3. The molecule has 1 saturated heterocycles. The van der Waals surface area contributed by atoms with E-state index in [4.69, 9.17) is 0 Å². The molecule has 1 heterocycles. The summed E-state index contributed by atoms with van der Waals surface area (Å²) in [5, 5.41) is 3.38. The molecular weight excluding hydrogens is 300 g/mol. The van der Waals surface area contributed by atoms with Crippen LogP contribution in [0.5, 0.6) is 0 Å². The van der Waals surface area contributed by atoms with Gasteiger partial charge < -0.3 is 15.1 Å². The number of nitrogens with one attached hydrogen (secondary N) is 1. The summed E-state index contributed by atoms with van der Waals surface area (Å²) >= 11 is 0. The van der Waals surface area contributed by atoms with Crippen LogP contribution in [0.15, 0.2) is 41.9 Å². The van der Waals surface area contributed by atoms with Gasteiger partial charge in [-0.05, 0) is 37.0 Å². The number of amides is 1. The van der Waals surface area contributed by atoms with Gasteiger partial charge in [0.1, 0.15) is 0 Å². The zero-order valence-corrected chi connectivity index (χ0v) is 14.8. The van der Waals surface area contributed by atoms with Crippen molar-refractivity contribution in [1.29, 1.82) is 0 Å². The van der Waals surface area contributed by atoms with Gasteiger partial charge in [-0.1, -0.05) is 18.2 Å². The number of anilines is 1. The third-order valence-corrected chi connectivity index (χ3v) is 4.25. The van der Waals surface area contributed by atoms with E-state index < -0.39 is 0 Å². The maximum atomic E-state index is 11.8. The van der Waals surface area contributed by atoms with E-state index in [1.54, 1.807) is 7.05 Å². The fourth-order valence-corrected chi connectivity index (χ4v) is 2.86. The predicted molar refractivity (Wildman–Crippen MR) is 100 cm³/mol. The van der Waals surface area contributed by atoms with Gasteiger partial charge in [0.25, 0.3) is 0 Å². The fraction of sp³-hybridized carbons (Fsp3) is 0.474. The monoisotopic (exact) mass is 328 g/mol. The summed E-state index contributed by atoms with van der Waals surface area (Å²) in [6.45, 7) is 6.24. The summed E-state index contributed by atoms with van der Waals surface area (Å²) < 4.78 is 0. The van der Waals surface area contributed by atoms with Crippen LogP contribution in [0.2, 0.25) is 0 Å². The number of benzene rings is 1. The second-order valence-electron chi connectivity index (χ2n) is 6.07. The molecule has 0 spiro atoms. The van der Waals surface area contributed by atoms with Gasteiger partial charge in [-0.3, -0.25) is 9.79 Å². The van der Waals surface area contributed by atoms with Gasteiger partial charge in [-0.15, -0.1) is 6.58 Å². The summed E-state index contributed by atoms with van der Waals surface area (Å²) in [6, 6.07) is 8.19. The smallest absolute Gasteiger partial charge is 0.227 e. The van der Waals surface area contributed by atoms with Crippen LogP contribution in [0.1, 0.15) is 31.2 Å². The number of aliphatic imine (C=N–C) groups is 1. The van der Waals surface area contributed by atoms with E-state index in [9.17, 15) is 4.79 Å². The molecule has 0 aromatic heterocycles. The molecule has 0 aliphatic carbocycles. The second-order valence-corrected chi connectivity index (χ2v) is 6.07. The van der Waals surface area contributed by atoms with Crippen LogP contribution in [0.4, 0.5) is 5.69 Å². The number of rotatable bonds is 7. The molecule has 1 aromatic rings. The van der Waals surface area contributed by atoms with Crippen LogP contribution in [0, 0.1) is 0 Å². The Bertz CT molecular complexity index is 580. The maximum absolute atomic E-state index is 11.8. The Hall–Kier alpha value is -2.30. The lowest BCUT2D eigenvalue weighted by Gasteiger charge is -2.22. The van der Waals surface area contributed by atoms with Gasteiger partial charge in [0.15, 0.2) is 5.96 Å². The summed E-state index contributed by atoms with van der Waals surface area (Å²) in [5.41, 5.74) is 2.17. The molecule has 0 atom stereocenters. The lowest BCUT2D eigenvalue weighted by molar-refractivity contribution is -0.117. The normalized spacial score (nSPS) is 14.8. The van der Waals surface area contributed by atoms with Crippen molar-refractivity contribution in [2.24, 2.45) is 4.99 Å². The van der Waals surface area contributed by atoms with Crippen molar-refractivity contribution in [3.63, 3.8) is 0 Å². The highest BCUT2D eigenvalue weighted by atomic mass is 16.2. The molecule has 1 aliphatic heterocycles. The first kappa shape index (κ1) is 18.0. The highest BCUT2D eigenvalue weighted by molar-refractivity contribution is 5.95. The predicted octanol–water partition coefficient (Wildman–Crippen LogP) is 2.79. The number of hydrogen-bond acceptors (Lipinski definition) is 2. The Morgan fingerprint density at radius 3 is 2.75 bits per heavy atom. The van der Waals surface area contributed by atoms with Crippen LogP contribution in [-0.2, 0) is 11.3 Å². The number of allylic oxidation sites excluding steroid dienone is 1. The van der Waals surface area contributed by atoms with Crippen LogP contribution >= 0.6 is 0 Å². The summed E-state index contributed by atoms with van der Waals surface area (Å²) in [5.74, 6) is 1.11. The average Bonchev–Trinajstić information content (AvgIpc) is 3.02. The van der Waals surface area contributed by atoms with Crippen molar-refractivity contribution >= 4 is 17.6 Å². The highest BCUT2D eigenvalue weighted by Gasteiger charge is 2.21. The molecule has 5 nitrogen and oxygen atoms in total. The quantitative estimate of drug-likeness (QED) is 0.362. The third kappa shape index (κ3) is 4.85. The molecule has 0 radical (unpaired) electrons. The van der Waals surface area contributed by atoms with Crippen LogP contribution in [0.25, 0.3) is 0 Å². The summed E-state index contributed by atoms with van der Waals surface area (Å²) in [7, 11) is 3.84. The van der Waals surface area contributed by atoms with Crippen molar-refractivity contribution < 1.29 is 4.79 Å². The van der Waals surface area contributed by atoms with Crippen molar-refractivity contribution in [1.82, 2.24) is 10.2 Å². The standard InChI is InChI=1S/C19H28N4O/c1-4-5-6-13-22(3)19(20-2)21-15-16-9-11-17(12-10-16)23-14-7-8-18(23)24/h4,9-12H,1,5-8,13-15H2,2-3H3,(H,20,21). The Labute approximate surface area is 145 Å². The minimum absolute atomic E-state index is 0.224. The zero-order valence-electron chi connectivity index (χ0n) is 14.8.